The molecule has 0 heterocycles. The van der Waals surface area contributed by atoms with Crippen LogP contribution in [0.2, 0.25) is 0 Å². The fourth-order valence-electron chi connectivity index (χ4n) is 2.74. The van der Waals surface area contributed by atoms with Gasteiger partial charge in [-0.15, -0.1) is 0 Å². The van der Waals surface area contributed by atoms with E-state index in [1.54, 1.807) is 6.07 Å². The molecule has 3 heteroatoms. The number of hydrogen-bond donors (Lipinski definition) is 1. The summed E-state index contributed by atoms with van der Waals surface area (Å²) in [5, 5.41) is 0. The Hall–Kier alpha value is -1.09. The van der Waals surface area contributed by atoms with E-state index in [1.165, 1.54) is 31.4 Å². The van der Waals surface area contributed by atoms with Crippen molar-refractivity contribution >= 4 is 5.69 Å². The summed E-state index contributed by atoms with van der Waals surface area (Å²) in [5.41, 5.74) is 6.90. The van der Waals surface area contributed by atoms with Crippen LogP contribution in [0.25, 0.3) is 0 Å². The van der Waals surface area contributed by atoms with Crippen molar-refractivity contribution in [2.45, 2.75) is 51.7 Å². The van der Waals surface area contributed by atoms with E-state index in [0.717, 1.165) is 24.3 Å². The first-order valence-electron chi connectivity index (χ1n) is 6.84. The monoisotopic (exact) mass is 251 g/mol. The summed E-state index contributed by atoms with van der Waals surface area (Å²) in [6.07, 6.45) is 6.39. The van der Waals surface area contributed by atoms with E-state index < -0.39 is 0 Å². The van der Waals surface area contributed by atoms with Crippen LogP contribution in [0.5, 0.6) is 0 Å². The topological polar surface area (TPSA) is 35.2 Å². The summed E-state index contributed by atoms with van der Waals surface area (Å²) < 4.78 is 19.1. The zero-order chi connectivity index (χ0) is 13.0. The lowest BCUT2D eigenvalue weighted by molar-refractivity contribution is 0.00170. The Labute approximate surface area is 108 Å². The van der Waals surface area contributed by atoms with Crippen LogP contribution < -0.4 is 5.73 Å². The first-order chi connectivity index (χ1) is 8.67. The maximum absolute atomic E-state index is 13.2. The van der Waals surface area contributed by atoms with Gasteiger partial charge in [0.05, 0.1) is 12.7 Å². The molecule has 2 rings (SSSR count). The molecule has 1 aromatic rings. The molecule has 0 spiro atoms. The summed E-state index contributed by atoms with van der Waals surface area (Å²) in [5.74, 6) is 0.505. The van der Waals surface area contributed by atoms with Gasteiger partial charge in [-0.2, -0.15) is 0 Å². The smallest absolute Gasteiger partial charge is 0.125 e. The Morgan fingerprint density at radius 3 is 2.89 bits per heavy atom. The lowest BCUT2D eigenvalue weighted by atomic mass is 9.85. The third kappa shape index (κ3) is 3.70. The third-order valence-electron chi connectivity index (χ3n) is 3.78. The van der Waals surface area contributed by atoms with Gasteiger partial charge < -0.3 is 10.5 Å². The van der Waals surface area contributed by atoms with Crippen molar-refractivity contribution in [3.8, 4) is 0 Å². The molecule has 0 aromatic heterocycles. The van der Waals surface area contributed by atoms with Crippen LogP contribution in [0.3, 0.4) is 0 Å². The Morgan fingerprint density at radius 2 is 2.17 bits per heavy atom. The summed E-state index contributed by atoms with van der Waals surface area (Å²) in [4.78, 5) is 0. The first-order valence-corrected chi connectivity index (χ1v) is 6.84. The lowest BCUT2D eigenvalue weighted by Gasteiger charge is -2.28. The highest BCUT2D eigenvalue weighted by Crippen LogP contribution is 2.29. The van der Waals surface area contributed by atoms with Gasteiger partial charge in [0.15, 0.2) is 0 Å². The van der Waals surface area contributed by atoms with Gasteiger partial charge in [0, 0.05) is 5.69 Å². The number of nitrogen functional groups attached to an aromatic ring is 1. The molecule has 1 aromatic carbocycles. The Balaban J connectivity index is 1.87. The SMILES string of the molecule is CCC1CCCC(OCc2cc(N)cc(F)c2)C1. The molecule has 100 valence electrons. The van der Waals surface area contributed by atoms with Gasteiger partial charge in [0.1, 0.15) is 5.82 Å². The largest absolute Gasteiger partial charge is 0.399 e. The van der Waals surface area contributed by atoms with Crippen molar-refractivity contribution in [2.24, 2.45) is 5.92 Å². The molecule has 0 amide bonds. The van der Waals surface area contributed by atoms with Gasteiger partial charge in [-0.3, -0.25) is 0 Å². The van der Waals surface area contributed by atoms with Crippen LogP contribution >= 0.6 is 0 Å². The molecule has 2 N–H and O–H groups in total. The van der Waals surface area contributed by atoms with Crippen LogP contribution in [0, 0.1) is 11.7 Å². The highest BCUT2D eigenvalue weighted by atomic mass is 19.1. The molecule has 0 bridgehead atoms. The van der Waals surface area contributed by atoms with Crippen molar-refractivity contribution in [3.63, 3.8) is 0 Å². The van der Waals surface area contributed by atoms with Crippen molar-refractivity contribution in [3.05, 3.63) is 29.6 Å². The highest BCUT2D eigenvalue weighted by molar-refractivity contribution is 5.41. The number of nitrogens with two attached hydrogens (primary N) is 1. The van der Waals surface area contributed by atoms with Crippen LogP contribution in [-0.2, 0) is 11.3 Å². The number of rotatable bonds is 4. The standard InChI is InChI=1S/C15H22FNO/c1-2-11-4-3-5-15(8-11)18-10-12-6-13(16)9-14(17)7-12/h6-7,9,11,15H,2-5,8,10,17H2,1H3. The minimum Gasteiger partial charge on any atom is -0.399 e. The maximum Gasteiger partial charge on any atom is 0.125 e. The molecule has 0 aliphatic heterocycles. The summed E-state index contributed by atoms with van der Waals surface area (Å²) in [6, 6.07) is 4.61. The number of benzene rings is 1. The van der Waals surface area contributed by atoms with Crippen LogP contribution in [0.1, 0.15) is 44.6 Å². The molecule has 2 unspecified atom stereocenters. The van der Waals surface area contributed by atoms with Crippen molar-refractivity contribution in [1.29, 1.82) is 0 Å². The molecule has 1 saturated carbocycles. The molecular formula is C15H22FNO. The van der Waals surface area contributed by atoms with Crippen molar-refractivity contribution in [1.82, 2.24) is 0 Å². The molecule has 0 radical (unpaired) electrons. The Kier molecular flexibility index (Phi) is 4.59. The number of ether oxygens (including phenoxy) is 1. The molecule has 18 heavy (non-hydrogen) atoms. The molecule has 1 aliphatic carbocycles. The average Bonchev–Trinajstić information content (AvgIpc) is 2.35. The van der Waals surface area contributed by atoms with Crippen LogP contribution in [0.15, 0.2) is 18.2 Å². The van der Waals surface area contributed by atoms with Gasteiger partial charge in [-0.1, -0.05) is 26.2 Å². The predicted molar refractivity (Wildman–Crippen MR) is 71.6 cm³/mol. The summed E-state index contributed by atoms with van der Waals surface area (Å²) in [7, 11) is 0. The lowest BCUT2D eigenvalue weighted by Crippen LogP contribution is -2.22. The average molecular weight is 251 g/mol. The fraction of sp³-hybridized carbons (Fsp3) is 0.600. The highest BCUT2D eigenvalue weighted by Gasteiger charge is 2.21. The van der Waals surface area contributed by atoms with E-state index >= 15 is 0 Å². The molecular weight excluding hydrogens is 229 g/mol. The van der Waals surface area contributed by atoms with E-state index in [1.807, 2.05) is 0 Å². The van der Waals surface area contributed by atoms with E-state index in [0.29, 0.717) is 18.4 Å². The van der Waals surface area contributed by atoms with Gasteiger partial charge in [-0.05, 0) is 42.5 Å². The maximum atomic E-state index is 13.2. The molecule has 1 aliphatic rings. The second kappa shape index (κ2) is 6.19. The van der Waals surface area contributed by atoms with E-state index in [-0.39, 0.29) is 5.82 Å². The zero-order valence-corrected chi connectivity index (χ0v) is 11.0. The fourth-order valence-corrected chi connectivity index (χ4v) is 2.74. The zero-order valence-electron chi connectivity index (χ0n) is 11.0. The summed E-state index contributed by atoms with van der Waals surface area (Å²) in [6.45, 7) is 2.70. The van der Waals surface area contributed by atoms with Crippen molar-refractivity contribution < 1.29 is 9.13 Å². The quantitative estimate of drug-likeness (QED) is 0.824. The predicted octanol–water partition coefficient (Wildman–Crippen LogP) is 3.89. The first kappa shape index (κ1) is 13.3. The number of halogens is 1. The van der Waals surface area contributed by atoms with Crippen LogP contribution in [0.4, 0.5) is 10.1 Å². The molecule has 2 atom stereocenters. The summed E-state index contributed by atoms with van der Waals surface area (Å²) >= 11 is 0. The van der Waals surface area contributed by atoms with Gasteiger partial charge >= 0.3 is 0 Å². The third-order valence-corrected chi connectivity index (χ3v) is 3.78. The molecule has 2 nitrogen and oxygen atoms in total. The van der Waals surface area contributed by atoms with E-state index in [2.05, 4.69) is 6.92 Å². The minimum absolute atomic E-state index is 0.288. The van der Waals surface area contributed by atoms with Gasteiger partial charge in [0.25, 0.3) is 0 Å². The second-order valence-corrected chi connectivity index (χ2v) is 5.27. The van der Waals surface area contributed by atoms with Gasteiger partial charge in [0.2, 0.25) is 0 Å². The molecule has 1 fully saturated rings. The van der Waals surface area contributed by atoms with E-state index in [4.69, 9.17) is 10.5 Å². The Bertz CT molecular complexity index is 374. The Morgan fingerprint density at radius 1 is 1.33 bits per heavy atom. The van der Waals surface area contributed by atoms with Gasteiger partial charge in [-0.25, -0.2) is 4.39 Å². The minimum atomic E-state index is -0.288. The van der Waals surface area contributed by atoms with E-state index in [9.17, 15) is 4.39 Å². The molecule has 0 saturated heterocycles. The normalized spacial score (nSPS) is 24.1. The second-order valence-electron chi connectivity index (χ2n) is 5.27. The van der Waals surface area contributed by atoms with Crippen molar-refractivity contribution in [2.75, 3.05) is 5.73 Å². The number of hydrogen-bond acceptors (Lipinski definition) is 2. The number of anilines is 1. The van der Waals surface area contributed by atoms with Crippen LogP contribution in [-0.4, -0.2) is 6.10 Å².